The second-order valence-electron chi connectivity index (χ2n) is 3.07. The maximum atomic E-state index is 11.5. The van der Waals surface area contributed by atoms with Gasteiger partial charge in [-0.1, -0.05) is 0 Å². The van der Waals surface area contributed by atoms with E-state index in [1.807, 2.05) is 13.1 Å². The molecular formula is C8H15AuO7Se. The van der Waals surface area contributed by atoms with Gasteiger partial charge in [-0.25, -0.2) is 0 Å². The van der Waals surface area contributed by atoms with E-state index in [-0.39, 0.29) is 4.00 Å². The molecule has 5 N–H and O–H groups in total. The zero-order chi connectivity index (χ0) is 13.7. The Morgan fingerprint density at radius 1 is 1.18 bits per heavy atom. The average Bonchev–Trinajstić information content (AvgIpc) is 2.32. The van der Waals surface area contributed by atoms with Gasteiger partial charge in [0.1, 0.15) is 0 Å². The summed E-state index contributed by atoms with van der Waals surface area (Å²) in [5, 5.41) is 45.7. The van der Waals surface area contributed by atoms with Crippen LogP contribution in [0.15, 0.2) is 0 Å². The molecule has 0 spiro atoms. The first kappa shape index (κ1) is 17.4. The van der Waals surface area contributed by atoms with Crippen LogP contribution in [0.25, 0.3) is 0 Å². The molecule has 0 rings (SSSR count). The summed E-state index contributed by atoms with van der Waals surface area (Å²) in [4.78, 5) is 22.5. The minimum atomic E-state index is -2.66. The molecule has 0 bridgehead atoms. The first-order valence-corrected chi connectivity index (χ1v) is 12.2. The van der Waals surface area contributed by atoms with E-state index in [4.69, 9.17) is 10.2 Å². The van der Waals surface area contributed by atoms with Gasteiger partial charge >= 0.3 is 110 Å². The molecule has 17 heavy (non-hydrogen) atoms. The Bertz CT molecular complexity index is 287. The van der Waals surface area contributed by atoms with Crippen molar-refractivity contribution in [2.24, 2.45) is 0 Å². The summed E-state index contributed by atoms with van der Waals surface area (Å²) < 4.78 is -1.20. The van der Waals surface area contributed by atoms with Gasteiger partial charge in [-0.3, -0.25) is 0 Å². The zero-order valence-corrected chi connectivity index (χ0v) is 12.9. The monoisotopic (exact) mass is 500 g/mol. The Morgan fingerprint density at radius 3 is 2.00 bits per heavy atom. The zero-order valence-electron chi connectivity index (χ0n) is 8.82. The first-order chi connectivity index (χ1) is 7.73. The normalized spacial score (nSPS) is 19.1. The van der Waals surface area contributed by atoms with Gasteiger partial charge in [-0.05, 0) is 0 Å². The number of carbonyl (C=O) groups is 2. The fraction of sp³-hybridized carbons (Fsp3) is 0.750. The van der Waals surface area contributed by atoms with Gasteiger partial charge in [0.25, 0.3) is 0 Å². The van der Waals surface area contributed by atoms with Crippen molar-refractivity contribution in [1.82, 2.24) is 0 Å². The van der Waals surface area contributed by atoms with Crippen LogP contribution < -0.4 is 0 Å². The van der Waals surface area contributed by atoms with E-state index < -0.39 is 51.3 Å². The molecule has 106 valence electrons. The van der Waals surface area contributed by atoms with Crippen LogP contribution in [0.3, 0.4) is 0 Å². The molecule has 0 aliphatic rings. The number of aliphatic hydroxyl groups is 5. The van der Waals surface area contributed by atoms with Crippen LogP contribution in [0.1, 0.15) is 6.92 Å². The molecule has 0 aliphatic heterocycles. The Hall–Kier alpha value is 0.400. The second kappa shape index (κ2) is 7.75. The summed E-state index contributed by atoms with van der Waals surface area (Å²) >= 11 is -0.771. The van der Waals surface area contributed by atoms with E-state index in [0.29, 0.717) is 0 Å². The van der Waals surface area contributed by atoms with Gasteiger partial charge < -0.3 is 0 Å². The van der Waals surface area contributed by atoms with Crippen LogP contribution in [-0.4, -0.2) is 77.7 Å². The Balaban J connectivity index is 4.64. The Morgan fingerprint density at radius 2 is 1.65 bits per heavy atom. The van der Waals surface area contributed by atoms with Crippen LogP contribution in [0.2, 0.25) is 0 Å². The van der Waals surface area contributed by atoms with Gasteiger partial charge in [-0.2, -0.15) is 0 Å². The predicted octanol–water partition coefficient (Wildman–Crippen LogP) is -4.07. The Kier molecular flexibility index (Phi) is 7.93. The summed E-state index contributed by atoms with van der Waals surface area (Å²) in [5.41, 5.74) is 0. The van der Waals surface area contributed by atoms with E-state index in [0.717, 1.165) is 0 Å². The van der Waals surface area contributed by atoms with Crippen molar-refractivity contribution in [3.63, 3.8) is 0 Å². The van der Waals surface area contributed by atoms with Crippen molar-refractivity contribution >= 4 is 21.1 Å². The molecule has 4 atom stereocenters. The molecule has 9 heteroatoms. The molecule has 0 aromatic heterocycles. The number of hydrogen-bond donors (Lipinski definition) is 5. The van der Waals surface area contributed by atoms with Gasteiger partial charge in [0.05, 0.1) is 0 Å². The van der Waals surface area contributed by atoms with Crippen LogP contribution >= 0.6 is 0 Å². The summed E-state index contributed by atoms with van der Waals surface area (Å²) in [6.07, 6.45) is -7.41. The molecule has 0 radical (unpaired) electrons. The number of carbonyl (C=O) groups excluding carboxylic acids is 2. The summed E-state index contributed by atoms with van der Waals surface area (Å²) in [6, 6.07) is 0. The van der Waals surface area contributed by atoms with E-state index >= 15 is 0 Å². The van der Waals surface area contributed by atoms with Crippen molar-refractivity contribution in [2.45, 2.75) is 31.3 Å². The van der Waals surface area contributed by atoms with Crippen LogP contribution in [0, 0.1) is 0 Å². The molecule has 0 aromatic rings. The standard InChI is InChI=1S/C6H11O6.C2H3O.Au.H2Se/c7-1-3(9)5(11)6(12)4(10)2-8;1-2-3;;/h3-7,9-12H,1H2;1H3;;1H2/q;;+1;/p-1/t3-,4+,5-,6-;;;/m1.../s1. The van der Waals surface area contributed by atoms with Crippen molar-refractivity contribution in [3.8, 4) is 0 Å². The van der Waals surface area contributed by atoms with Crippen LogP contribution in [0.5, 0.6) is 0 Å². The topological polar surface area (TPSA) is 135 Å². The molecule has 0 fully saturated rings. The number of hydrogen-bond acceptors (Lipinski definition) is 7. The maximum absolute atomic E-state index is 11.5. The number of aliphatic hydroxyl groups excluding tert-OH is 5. The van der Waals surface area contributed by atoms with Gasteiger partial charge in [0.15, 0.2) is 0 Å². The fourth-order valence-electron chi connectivity index (χ4n) is 0.833. The third-order valence-electron chi connectivity index (χ3n) is 1.81. The molecular weight excluding hydrogens is 484 g/mol. The fourth-order valence-corrected chi connectivity index (χ4v) is 3.93. The van der Waals surface area contributed by atoms with Gasteiger partial charge in [0.2, 0.25) is 0 Å². The average molecular weight is 499 g/mol. The predicted molar refractivity (Wildman–Crippen MR) is 54.0 cm³/mol. The van der Waals surface area contributed by atoms with Crippen molar-refractivity contribution in [3.05, 3.63) is 0 Å². The minimum absolute atomic E-state index is 0.367. The Labute approximate surface area is 110 Å². The summed E-state index contributed by atoms with van der Waals surface area (Å²) in [5.74, 6) is 0. The van der Waals surface area contributed by atoms with Crippen LogP contribution in [0.4, 0.5) is 0 Å². The van der Waals surface area contributed by atoms with Crippen LogP contribution in [-0.2, 0) is 25.9 Å². The van der Waals surface area contributed by atoms with Gasteiger partial charge in [-0.15, -0.1) is 0 Å². The molecule has 0 unspecified atom stereocenters. The van der Waals surface area contributed by atoms with Crippen molar-refractivity contribution < 1.29 is 51.4 Å². The van der Waals surface area contributed by atoms with E-state index in [9.17, 15) is 24.9 Å². The summed E-state index contributed by atoms with van der Waals surface area (Å²) in [6.45, 7) is 0.380. The SMILES string of the molecule is C[C](=O)[Au]([SeH])[C](=O)[C@H](O)[C@@H](O)[C@H](O)[C@H](O)CO. The second-order valence-corrected chi connectivity index (χ2v) is 11.8. The molecule has 0 aromatic carbocycles. The first-order valence-electron chi connectivity index (χ1n) is 4.39. The molecule has 0 saturated heterocycles. The third-order valence-corrected chi connectivity index (χ3v) is 10.4. The quantitative estimate of drug-likeness (QED) is 0.225. The molecule has 7 nitrogen and oxygen atoms in total. The molecule has 0 saturated carbocycles. The molecule has 0 aliphatic carbocycles. The molecule has 0 heterocycles. The van der Waals surface area contributed by atoms with Gasteiger partial charge in [0, 0.05) is 0 Å². The third kappa shape index (κ3) is 4.88. The van der Waals surface area contributed by atoms with Crippen molar-refractivity contribution in [1.29, 1.82) is 0 Å². The van der Waals surface area contributed by atoms with Crippen molar-refractivity contribution in [2.75, 3.05) is 6.61 Å². The summed E-state index contributed by atoms with van der Waals surface area (Å²) in [7, 11) is 0. The van der Waals surface area contributed by atoms with E-state index in [2.05, 4.69) is 0 Å². The van der Waals surface area contributed by atoms with E-state index in [1.54, 1.807) is 0 Å². The molecule has 0 amide bonds. The van der Waals surface area contributed by atoms with E-state index in [1.165, 1.54) is 6.92 Å². The number of rotatable bonds is 7.